The first-order valence-electron chi connectivity index (χ1n) is 5.18. The van der Waals surface area contributed by atoms with E-state index in [1.54, 1.807) is 26.8 Å². The maximum Gasteiger partial charge on any atom is 0.320 e. The minimum Gasteiger partial charge on any atom is -0.465 e. The molecule has 0 atom stereocenters. The molecule has 5 heteroatoms. The average molecular weight is 249 g/mol. The van der Waals surface area contributed by atoms with Crippen LogP contribution < -0.4 is 0 Å². The van der Waals surface area contributed by atoms with Gasteiger partial charge in [0, 0.05) is 5.03 Å². The molecule has 0 unspecified atom stereocenters. The molecule has 0 aliphatic heterocycles. The molecule has 0 rings (SSSR count). The molecule has 0 aromatic carbocycles. The maximum atomic E-state index is 11.5. The first-order chi connectivity index (χ1) is 7.52. The quantitative estimate of drug-likeness (QED) is 0.534. The zero-order chi connectivity index (χ0) is 12.6. The molecule has 0 amide bonds. The Morgan fingerprint density at radius 1 is 1.19 bits per heavy atom. The molecule has 0 aromatic heterocycles. The van der Waals surface area contributed by atoms with Gasteiger partial charge in [-0.1, -0.05) is 17.7 Å². The van der Waals surface area contributed by atoms with E-state index in [1.807, 2.05) is 0 Å². The highest BCUT2D eigenvalue weighted by Gasteiger charge is 2.28. The molecule has 0 N–H and O–H groups in total. The summed E-state index contributed by atoms with van der Waals surface area (Å²) in [7, 11) is 0. The second kappa shape index (κ2) is 8.16. The number of rotatable bonds is 6. The molecular formula is C11H17ClO4. The van der Waals surface area contributed by atoms with Gasteiger partial charge in [0.15, 0.2) is 5.92 Å². The second-order valence-electron chi connectivity index (χ2n) is 3.08. The molecule has 0 aliphatic rings. The van der Waals surface area contributed by atoms with Gasteiger partial charge < -0.3 is 9.47 Å². The van der Waals surface area contributed by atoms with Gasteiger partial charge in [-0.3, -0.25) is 9.59 Å². The van der Waals surface area contributed by atoms with Gasteiger partial charge in [0.1, 0.15) is 0 Å². The SMILES string of the molecule is CCOC(=O)C(C/C=C(/C)Cl)C(=O)OCC. The standard InChI is InChI=1S/C11H17ClO4/c1-4-15-10(13)9(7-6-8(3)12)11(14)16-5-2/h6,9H,4-5,7H2,1-3H3/b8-6-. The highest BCUT2D eigenvalue weighted by Crippen LogP contribution is 2.12. The Bertz CT molecular complexity index is 251. The number of hydrogen-bond acceptors (Lipinski definition) is 4. The summed E-state index contributed by atoms with van der Waals surface area (Å²) in [6.45, 7) is 5.51. The smallest absolute Gasteiger partial charge is 0.320 e. The molecule has 0 saturated heterocycles. The van der Waals surface area contributed by atoms with Crippen molar-refractivity contribution in [2.45, 2.75) is 27.2 Å². The lowest BCUT2D eigenvalue weighted by Crippen LogP contribution is -2.27. The fraction of sp³-hybridized carbons (Fsp3) is 0.636. The van der Waals surface area contributed by atoms with Crippen molar-refractivity contribution in [3.05, 3.63) is 11.1 Å². The van der Waals surface area contributed by atoms with Crippen LogP contribution in [0.25, 0.3) is 0 Å². The van der Waals surface area contributed by atoms with E-state index >= 15 is 0 Å². The van der Waals surface area contributed by atoms with Crippen LogP contribution in [0.1, 0.15) is 27.2 Å². The lowest BCUT2D eigenvalue weighted by Gasteiger charge is -2.12. The summed E-state index contributed by atoms with van der Waals surface area (Å²) in [5.41, 5.74) is 0. The molecule has 0 spiro atoms. The number of halogens is 1. The van der Waals surface area contributed by atoms with Crippen molar-refractivity contribution in [1.82, 2.24) is 0 Å². The van der Waals surface area contributed by atoms with Crippen LogP contribution >= 0.6 is 11.6 Å². The first-order valence-corrected chi connectivity index (χ1v) is 5.56. The lowest BCUT2D eigenvalue weighted by molar-refractivity contribution is -0.161. The number of ether oxygens (including phenoxy) is 2. The molecule has 0 bridgehead atoms. The summed E-state index contributed by atoms with van der Waals surface area (Å²) in [5.74, 6) is -2.07. The number of carbonyl (C=O) groups excluding carboxylic acids is 2. The van der Waals surface area contributed by atoms with Gasteiger partial charge in [0.25, 0.3) is 0 Å². The third kappa shape index (κ3) is 5.75. The van der Waals surface area contributed by atoms with Gasteiger partial charge in [-0.2, -0.15) is 0 Å². The van der Waals surface area contributed by atoms with Crippen molar-refractivity contribution in [2.24, 2.45) is 5.92 Å². The summed E-state index contributed by atoms with van der Waals surface area (Å²) in [4.78, 5) is 23.0. The van der Waals surface area contributed by atoms with E-state index < -0.39 is 17.9 Å². The largest absolute Gasteiger partial charge is 0.465 e. The zero-order valence-electron chi connectivity index (χ0n) is 9.79. The van der Waals surface area contributed by atoms with E-state index in [1.165, 1.54) is 0 Å². The Balaban J connectivity index is 4.55. The molecule has 0 heterocycles. The molecule has 16 heavy (non-hydrogen) atoms. The highest BCUT2D eigenvalue weighted by atomic mass is 35.5. The summed E-state index contributed by atoms with van der Waals surface area (Å²) in [5, 5.41) is 0.526. The minimum atomic E-state index is -0.923. The van der Waals surface area contributed by atoms with Crippen LogP contribution in [0.5, 0.6) is 0 Å². The van der Waals surface area contributed by atoms with Crippen LogP contribution in [0.4, 0.5) is 0 Å². The summed E-state index contributed by atoms with van der Waals surface area (Å²) >= 11 is 5.64. The summed E-state index contributed by atoms with van der Waals surface area (Å²) in [6, 6.07) is 0. The van der Waals surface area contributed by atoms with Crippen molar-refractivity contribution in [1.29, 1.82) is 0 Å². The Kier molecular flexibility index (Phi) is 7.64. The Morgan fingerprint density at radius 2 is 1.62 bits per heavy atom. The third-order valence-electron chi connectivity index (χ3n) is 1.78. The van der Waals surface area contributed by atoms with E-state index in [2.05, 4.69) is 0 Å². The predicted molar refractivity (Wildman–Crippen MR) is 61.0 cm³/mol. The molecule has 0 radical (unpaired) electrons. The van der Waals surface area contributed by atoms with Crippen molar-refractivity contribution in [3.63, 3.8) is 0 Å². The van der Waals surface area contributed by atoms with Crippen molar-refractivity contribution >= 4 is 23.5 Å². The van der Waals surface area contributed by atoms with E-state index in [4.69, 9.17) is 21.1 Å². The van der Waals surface area contributed by atoms with E-state index in [0.29, 0.717) is 5.03 Å². The van der Waals surface area contributed by atoms with E-state index in [0.717, 1.165) is 0 Å². The van der Waals surface area contributed by atoms with Crippen LogP contribution in [0, 0.1) is 5.92 Å². The fourth-order valence-corrected chi connectivity index (χ4v) is 1.14. The fourth-order valence-electron chi connectivity index (χ4n) is 1.05. The van der Waals surface area contributed by atoms with Crippen molar-refractivity contribution in [3.8, 4) is 0 Å². The van der Waals surface area contributed by atoms with Crippen LogP contribution in [-0.2, 0) is 19.1 Å². The summed E-state index contributed by atoms with van der Waals surface area (Å²) in [6.07, 6.45) is 1.80. The summed E-state index contributed by atoms with van der Waals surface area (Å²) < 4.78 is 9.58. The van der Waals surface area contributed by atoms with Gasteiger partial charge in [-0.15, -0.1) is 0 Å². The third-order valence-corrected chi connectivity index (χ3v) is 1.93. The van der Waals surface area contributed by atoms with Gasteiger partial charge in [0.2, 0.25) is 0 Å². The monoisotopic (exact) mass is 248 g/mol. The Hall–Kier alpha value is -1.03. The average Bonchev–Trinajstić information content (AvgIpc) is 2.18. The molecule has 4 nitrogen and oxygen atoms in total. The highest BCUT2D eigenvalue weighted by molar-refractivity contribution is 6.29. The Morgan fingerprint density at radius 3 is 1.94 bits per heavy atom. The normalized spacial score (nSPS) is 11.4. The van der Waals surface area contributed by atoms with E-state index in [9.17, 15) is 9.59 Å². The predicted octanol–water partition coefficient (Wildman–Crippen LogP) is 2.26. The molecular weight excluding hydrogens is 232 g/mol. The zero-order valence-corrected chi connectivity index (χ0v) is 10.5. The molecule has 0 saturated carbocycles. The second-order valence-corrected chi connectivity index (χ2v) is 3.68. The van der Waals surface area contributed by atoms with Gasteiger partial charge >= 0.3 is 11.9 Å². The van der Waals surface area contributed by atoms with Gasteiger partial charge in [-0.25, -0.2) is 0 Å². The van der Waals surface area contributed by atoms with Gasteiger partial charge in [-0.05, 0) is 27.2 Å². The molecule has 0 aromatic rings. The molecule has 92 valence electrons. The van der Waals surface area contributed by atoms with Gasteiger partial charge in [0.05, 0.1) is 13.2 Å². The Labute approximate surface area is 101 Å². The maximum absolute atomic E-state index is 11.5. The van der Waals surface area contributed by atoms with Crippen LogP contribution in [0.2, 0.25) is 0 Å². The van der Waals surface area contributed by atoms with Crippen LogP contribution in [0.15, 0.2) is 11.1 Å². The van der Waals surface area contributed by atoms with Crippen molar-refractivity contribution < 1.29 is 19.1 Å². The van der Waals surface area contributed by atoms with Crippen molar-refractivity contribution in [2.75, 3.05) is 13.2 Å². The minimum absolute atomic E-state index is 0.201. The van der Waals surface area contributed by atoms with Crippen LogP contribution in [-0.4, -0.2) is 25.2 Å². The number of allylic oxidation sites excluding steroid dienone is 2. The number of hydrogen-bond donors (Lipinski definition) is 0. The van der Waals surface area contributed by atoms with Crippen LogP contribution in [0.3, 0.4) is 0 Å². The van der Waals surface area contributed by atoms with E-state index in [-0.39, 0.29) is 19.6 Å². The number of carbonyl (C=O) groups is 2. The molecule has 0 fully saturated rings. The first kappa shape index (κ1) is 15.0. The molecule has 0 aliphatic carbocycles. The lowest BCUT2D eigenvalue weighted by atomic mass is 10.1. The topological polar surface area (TPSA) is 52.6 Å². The number of esters is 2.